The molecule has 172 valence electrons. The van der Waals surface area contributed by atoms with Crippen LogP contribution in [0, 0.1) is 0 Å². The third-order valence-electron chi connectivity index (χ3n) is 7.05. The normalized spacial score (nSPS) is 24.8. The summed E-state index contributed by atoms with van der Waals surface area (Å²) in [5, 5.41) is 0.619. The van der Waals surface area contributed by atoms with Gasteiger partial charge in [-0.05, 0) is 61.4 Å². The van der Waals surface area contributed by atoms with Crippen LogP contribution in [0.15, 0.2) is 59.8 Å². The van der Waals surface area contributed by atoms with Gasteiger partial charge in [0.25, 0.3) is 0 Å². The van der Waals surface area contributed by atoms with Crippen molar-refractivity contribution in [3.63, 3.8) is 0 Å². The Morgan fingerprint density at radius 2 is 1.94 bits per heavy atom. The molecule has 0 N–H and O–H groups in total. The highest BCUT2D eigenvalue weighted by Gasteiger charge is 2.39. The lowest BCUT2D eigenvalue weighted by Crippen LogP contribution is -2.42. The van der Waals surface area contributed by atoms with Gasteiger partial charge in [-0.2, -0.15) is 0 Å². The summed E-state index contributed by atoms with van der Waals surface area (Å²) in [7, 11) is 0. The molecule has 1 aliphatic carbocycles. The Bertz CT molecular complexity index is 1090. The monoisotopic (exact) mass is 465 g/mol. The molecule has 2 heterocycles. The van der Waals surface area contributed by atoms with Crippen LogP contribution in [0.1, 0.15) is 61.3 Å². The van der Waals surface area contributed by atoms with Crippen molar-refractivity contribution in [3.8, 4) is 0 Å². The number of rotatable bonds is 5. The number of esters is 1. The molecule has 33 heavy (non-hydrogen) atoms. The molecule has 0 aromatic heterocycles. The van der Waals surface area contributed by atoms with Crippen molar-refractivity contribution in [1.29, 1.82) is 0 Å². The van der Waals surface area contributed by atoms with E-state index in [1.807, 2.05) is 37.3 Å². The molecule has 5 nitrogen and oxygen atoms in total. The number of carbonyl (C=O) groups is 2. The summed E-state index contributed by atoms with van der Waals surface area (Å²) in [4.78, 5) is 28.5. The van der Waals surface area contributed by atoms with E-state index in [1.54, 1.807) is 17.0 Å². The van der Waals surface area contributed by atoms with Crippen molar-refractivity contribution >= 4 is 23.5 Å². The zero-order valence-corrected chi connectivity index (χ0v) is 19.5. The topological polar surface area (TPSA) is 55.8 Å². The summed E-state index contributed by atoms with van der Waals surface area (Å²) in [6.07, 6.45) is 3.57. The van der Waals surface area contributed by atoms with Crippen LogP contribution in [0.5, 0.6) is 0 Å². The summed E-state index contributed by atoms with van der Waals surface area (Å²) in [5.74, 6) is -0.704. The molecule has 2 aromatic rings. The maximum absolute atomic E-state index is 13.6. The number of allylic oxidation sites excluding steroid dienone is 1. The molecule has 3 atom stereocenters. The second kappa shape index (κ2) is 9.32. The molecular weight excluding hydrogens is 438 g/mol. The number of aryl methyl sites for hydroxylation is 1. The smallest absolute Gasteiger partial charge is 0.337 e. The van der Waals surface area contributed by atoms with Crippen LogP contribution in [0.25, 0.3) is 0 Å². The predicted octanol–water partition coefficient (Wildman–Crippen LogP) is 5.34. The Hall–Kier alpha value is -2.63. The average molecular weight is 466 g/mol. The average Bonchev–Trinajstić information content (AvgIpc) is 3.47. The quantitative estimate of drug-likeness (QED) is 0.559. The van der Waals surface area contributed by atoms with Gasteiger partial charge in [0.1, 0.15) is 6.10 Å². The van der Waals surface area contributed by atoms with Crippen LogP contribution in [-0.4, -0.2) is 36.0 Å². The molecule has 0 radical (unpaired) electrons. The molecule has 0 unspecified atom stereocenters. The molecule has 0 spiro atoms. The highest BCUT2D eigenvalue weighted by atomic mass is 35.5. The summed E-state index contributed by atoms with van der Waals surface area (Å²) in [5.41, 5.74) is 4.42. The molecule has 6 heteroatoms. The van der Waals surface area contributed by atoms with E-state index in [9.17, 15) is 9.59 Å². The van der Waals surface area contributed by atoms with E-state index in [4.69, 9.17) is 21.1 Å². The molecule has 1 fully saturated rings. The lowest BCUT2D eigenvalue weighted by Gasteiger charge is -2.36. The van der Waals surface area contributed by atoms with Gasteiger partial charge in [0.15, 0.2) is 0 Å². The standard InChI is InChI=1S/C27H28ClNO4/c1-17-26(27(31)33-24-13-10-18-5-2-3-7-22(18)24)23(19-8-11-20(28)12-9-19)15-25(30)29(17)16-21-6-4-14-32-21/h2-3,5,7-9,11-12,21,23-24H,4,6,10,13-16H2,1H3/t21-,23+,24+/m0/s1. The van der Waals surface area contributed by atoms with Crippen LogP contribution >= 0.6 is 11.6 Å². The minimum Gasteiger partial charge on any atom is -0.454 e. The van der Waals surface area contributed by atoms with Gasteiger partial charge in [0.2, 0.25) is 5.91 Å². The maximum Gasteiger partial charge on any atom is 0.337 e. The fraction of sp³-hybridized carbons (Fsp3) is 0.407. The molecule has 3 aliphatic rings. The first-order chi connectivity index (χ1) is 16.0. The van der Waals surface area contributed by atoms with Crippen LogP contribution in [0.3, 0.4) is 0 Å². The number of carbonyl (C=O) groups excluding carboxylic acids is 2. The summed E-state index contributed by atoms with van der Waals surface area (Å²) < 4.78 is 11.9. The van der Waals surface area contributed by atoms with E-state index in [1.165, 1.54) is 5.56 Å². The number of halogens is 1. The van der Waals surface area contributed by atoms with Gasteiger partial charge in [-0.3, -0.25) is 4.79 Å². The molecule has 2 aliphatic heterocycles. The van der Waals surface area contributed by atoms with E-state index in [2.05, 4.69) is 6.07 Å². The Balaban J connectivity index is 1.48. The molecule has 2 aromatic carbocycles. The third-order valence-corrected chi connectivity index (χ3v) is 7.30. The molecule has 0 saturated carbocycles. The largest absolute Gasteiger partial charge is 0.454 e. The number of hydrogen-bond acceptors (Lipinski definition) is 4. The highest BCUT2D eigenvalue weighted by molar-refractivity contribution is 6.30. The second-order valence-corrected chi connectivity index (χ2v) is 9.51. The Morgan fingerprint density at radius 1 is 1.15 bits per heavy atom. The zero-order chi connectivity index (χ0) is 22.9. The second-order valence-electron chi connectivity index (χ2n) is 9.08. The number of hydrogen-bond donors (Lipinski definition) is 0. The highest BCUT2D eigenvalue weighted by Crippen LogP contribution is 2.40. The maximum atomic E-state index is 13.6. The Morgan fingerprint density at radius 3 is 2.70 bits per heavy atom. The van der Waals surface area contributed by atoms with Gasteiger partial charge in [-0.1, -0.05) is 48.0 Å². The summed E-state index contributed by atoms with van der Waals surface area (Å²) in [6, 6.07) is 15.5. The lowest BCUT2D eigenvalue weighted by atomic mass is 9.83. The van der Waals surface area contributed by atoms with E-state index >= 15 is 0 Å². The third kappa shape index (κ3) is 4.44. The number of fused-ring (bicyclic) bond motifs is 1. The van der Waals surface area contributed by atoms with E-state index in [0.717, 1.165) is 43.4 Å². The van der Waals surface area contributed by atoms with Crippen molar-refractivity contribution in [1.82, 2.24) is 4.90 Å². The summed E-state index contributed by atoms with van der Waals surface area (Å²) >= 11 is 6.09. The van der Waals surface area contributed by atoms with Crippen LogP contribution in [0.2, 0.25) is 5.02 Å². The van der Waals surface area contributed by atoms with Crippen molar-refractivity contribution in [2.45, 2.75) is 57.2 Å². The summed E-state index contributed by atoms with van der Waals surface area (Å²) in [6.45, 7) is 3.05. The Labute approximate surface area is 199 Å². The molecule has 5 rings (SSSR count). The predicted molar refractivity (Wildman–Crippen MR) is 126 cm³/mol. The van der Waals surface area contributed by atoms with E-state index < -0.39 is 0 Å². The van der Waals surface area contributed by atoms with Crippen LogP contribution in [-0.2, 0) is 25.5 Å². The molecular formula is C27H28ClNO4. The fourth-order valence-electron chi connectivity index (χ4n) is 5.30. The van der Waals surface area contributed by atoms with Gasteiger partial charge in [-0.15, -0.1) is 0 Å². The van der Waals surface area contributed by atoms with Gasteiger partial charge >= 0.3 is 5.97 Å². The molecule has 1 amide bonds. The first-order valence-corrected chi connectivity index (χ1v) is 12.1. The van der Waals surface area contributed by atoms with Crippen LogP contribution in [0.4, 0.5) is 0 Å². The lowest BCUT2D eigenvalue weighted by molar-refractivity contribution is -0.145. The van der Waals surface area contributed by atoms with Crippen molar-refractivity contribution in [3.05, 3.63) is 81.5 Å². The first kappa shape index (κ1) is 22.2. The van der Waals surface area contributed by atoms with E-state index in [0.29, 0.717) is 22.8 Å². The van der Waals surface area contributed by atoms with E-state index in [-0.39, 0.29) is 36.4 Å². The number of nitrogens with zero attached hydrogens (tertiary/aromatic N) is 1. The van der Waals surface area contributed by atoms with Gasteiger partial charge in [-0.25, -0.2) is 4.79 Å². The van der Waals surface area contributed by atoms with Gasteiger partial charge < -0.3 is 14.4 Å². The first-order valence-electron chi connectivity index (χ1n) is 11.7. The Kier molecular flexibility index (Phi) is 6.26. The number of amides is 1. The van der Waals surface area contributed by atoms with Crippen molar-refractivity contribution in [2.24, 2.45) is 0 Å². The van der Waals surface area contributed by atoms with Crippen molar-refractivity contribution < 1.29 is 19.1 Å². The zero-order valence-electron chi connectivity index (χ0n) is 18.8. The molecule has 0 bridgehead atoms. The minimum absolute atomic E-state index is 0.00529. The van der Waals surface area contributed by atoms with Crippen molar-refractivity contribution in [2.75, 3.05) is 13.2 Å². The number of benzene rings is 2. The van der Waals surface area contributed by atoms with Gasteiger partial charge in [0, 0.05) is 29.7 Å². The SMILES string of the molecule is CC1=C(C(=O)O[C@@H]2CCc3ccccc32)[C@@H](c2ccc(Cl)cc2)CC(=O)N1C[C@@H]1CCCO1. The minimum atomic E-state index is -0.361. The van der Waals surface area contributed by atoms with Crippen LogP contribution < -0.4 is 0 Å². The van der Waals surface area contributed by atoms with Gasteiger partial charge in [0.05, 0.1) is 18.2 Å². The number of ether oxygens (including phenoxy) is 2. The fourth-order valence-corrected chi connectivity index (χ4v) is 5.43. The molecule has 1 saturated heterocycles.